The van der Waals surface area contributed by atoms with Gasteiger partial charge in [0.25, 0.3) is 5.91 Å². The number of amides is 1. The van der Waals surface area contributed by atoms with Gasteiger partial charge in [-0.25, -0.2) is 4.98 Å². The van der Waals surface area contributed by atoms with E-state index < -0.39 is 6.10 Å². The van der Waals surface area contributed by atoms with Gasteiger partial charge in [0.2, 0.25) is 0 Å². The molecule has 23 heavy (non-hydrogen) atoms. The Kier molecular flexibility index (Phi) is 4.91. The summed E-state index contributed by atoms with van der Waals surface area (Å²) < 4.78 is 5.71. The maximum atomic E-state index is 12.6. The maximum Gasteiger partial charge on any atom is 0.263 e. The van der Waals surface area contributed by atoms with Gasteiger partial charge in [0, 0.05) is 36.3 Å². The first kappa shape index (κ1) is 15.9. The summed E-state index contributed by atoms with van der Waals surface area (Å²) in [6, 6.07) is 3.61. The van der Waals surface area contributed by atoms with E-state index in [1.807, 2.05) is 17.9 Å². The van der Waals surface area contributed by atoms with Crippen LogP contribution in [0.15, 0.2) is 29.9 Å². The van der Waals surface area contributed by atoms with Crippen LogP contribution in [0.3, 0.4) is 0 Å². The molecule has 2 aromatic heterocycles. The summed E-state index contributed by atoms with van der Waals surface area (Å²) in [4.78, 5) is 23.1. The topological polar surface area (TPSA) is 55.3 Å². The highest BCUT2D eigenvalue weighted by Crippen LogP contribution is 2.29. The summed E-state index contributed by atoms with van der Waals surface area (Å²) in [5, 5.41) is 3.21. The number of pyridine rings is 1. The monoisotopic (exact) mass is 331 g/mol. The van der Waals surface area contributed by atoms with Crippen LogP contribution in [0, 0.1) is 6.92 Å². The molecule has 6 heteroatoms. The molecule has 3 rings (SSSR count). The van der Waals surface area contributed by atoms with Gasteiger partial charge in [0.1, 0.15) is 5.75 Å². The smallest absolute Gasteiger partial charge is 0.263 e. The third-order valence-electron chi connectivity index (χ3n) is 4.01. The van der Waals surface area contributed by atoms with Crippen LogP contribution < -0.4 is 4.74 Å². The molecule has 0 spiro atoms. The van der Waals surface area contributed by atoms with Crippen LogP contribution >= 0.6 is 11.3 Å². The Morgan fingerprint density at radius 2 is 2.39 bits per heavy atom. The average molecular weight is 331 g/mol. The van der Waals surface area contributed by atoms with E-state index >= 15 is 0 Å². The lowest BCUT2D eigenvalue weighted by atomic mass is 9.98. The standard InChI is InChI=1S/C17H21N3O2S/c1-12-11-23-16(19-12)14-5-4-8-20(10-14)17(21)13(2)22-15-6-3-7-18-9-15/h3,6-7,9,11,13-14H,4-5,8,10H2,1-2H3/t13-,14+/m1/s1. The van der Waals surface area contributed by atoms with Gasteiger partial charge in [-0.15, -0.1) is 11.3 Å². The molecule has 5 nitrogen and oxygen atoms in total. The third-order valence-corrected chi connectivity index (χ3v) is 5.14. The van der Waals surface area contributed by atoms with Crippen LogP contribution in [0.5, 0.6) is 5.75 Å². The van der Waals surface area contributed by atoms with Crippen molar-refractivity contribution in [1.82, 2.24) is 14.9 Å². The van der Waals surface area contributed by atoms with Gasteiger partial charge in [0.15, 0.2) is 6.10 Å². The third kappa shape index (κ3) is 3.88. The van der Waals surface area contributed by atoms with E-state index in [-0.39, 0.29) is 5.91 Å². The quantitative estimate of drug-likeness (QED) is 0.864. The summed E-state index contributed by atoms with van der Waals surface area (Å²) in [6.45, 7) is 5.33. The van der Waals surface area contributed by atoms with Crippen LogP contribution in [0.25, 0.3) is 0 Å². The second-order valence-electron chi connectivity index (χ2n) is 5.90. The fraction of sp³-hybridized carbons (Fsp3) is 0.471. The molecule has 1 aliphatic heterocycles. The number of carbonyl (C=O) groups excluding carboxylic acids is 1. The molecule has 3 heterocycles. The molecule has 0 radical (unpaired) electrons. The minimum absolute atomic E-state index is 0.0341. The lowest BCUT2D eigenvalue weighted by molar-refractivity contribution is -0.139. The number of aryl methyl sites for hydroxylation is 1. The number of thiazole rings is 1. The molecule has 0 bridgehead atoms. The van der Waals surface area contributed by atoms with Gasteiger partial charge in [0.05, 0.1) is 11.2 Å². The molecule has 1 fully saturated rings. The highest BCUT2D eigenvalue weighted by molar-refractivity contribution is 7.09. The van der Waals surface area contributed by atoms with Crippen LogP contribution in [0.4, 0.5) is 0 Å². The van der Waals surface area contributed by atoms with E-state index in [1.165, 1.54) is 0 Å². The number of rotatable bonds is 4. The Labute approximate surface area is 140 Å². The highest BCUT2D eigenvalue weighted by Gasteiger charge is 2.29. The van der Waals surface area contributed by atoms with E-state index in [9.17, 15) is 4.79 Å². The fourth-order valence-corrected chi connectivity index (χ4v) is 3.79. The van der Waals surface area contributed by atoms with E-state index in [0.29, 0.717) is 11.7 Å². The number of hydrogen-bond donors (Lipinski definition) is 0. The summed E-state index contributed by atoms with van der Waals surface area (Å²) in [7, 11) is 0. The Bertz CT molecular complexity index is 659. The number of hydrogen-bond acceptors (Lipinski definition) is 5. The average Bonchev–Trinajstić information content (AvgIpc) is 3.02. The number of ether oxygens (including phenoxy) is 1. The first-order chi connectivity index (χ1) is 11.1. The molecule has 1 saturated heterocycles. The van der Waals surface area contributed by atoms with Crippen molar-refractivity contribution in [3.63, 3.8) is 0 Å². The van der Waals surface area contributed by atoms with Gasteiger partial charge >= 0.3 is 0 Å². The molecule has 0 aliphatic carbocycles. The Morgan fingerprint density at radius 1 is 1.52 bits per heavy atom. The summed E-state index contributed by atoms with van der Waals surface area (Å²) in [5.41, 5.74) is 1.06. The second-order valence-corrected chi connectivity index (χ2v) is 6.79. The largest absolute Gasteiger partial charge is 0.479 e. The van der Waals surface area contributed by atoms with Crippen molar-refractivity contribution < 1.29 is 9.53 Å². The predicted molar refractivity (Wildman–Crippen MR) is 89.7 cm³/mol. The van der Waals surface area contributed by atoms with Gasteiger partial charge < -0.3 is 9.64 Å². The molecule has 122 valence electrons. The van der Waals surface area contributed by atoms with Crippen molar-refractivity contribution in [1.29, 1.82) is 0 Å². The second kappa shape index (κ2) is 7.08. The van der Waals surface area contributed by atoms with Crippen molar-refractivity contribution in [3.8, 4) is 5.75 Å². The van der Waals surface area contributed by atoms with E-state index in [2.05, 4.69) is 15.3 Å². The molecular formula is C17H21N3O2S. The van der Waals surface area contributed by atoms with Crippen molar-refractivity contribution in [2.24, 2.45) is 0 Å². The van der Waals surface area contributed by atoms with Crippen LogP contribution in [0.2, 0.25) is 0 Å². The van der Waals surface area contributed by atoms with Crippen molar-refractivity contribution in [2.45, 2.75) is 38.7 Å². The summed E-state index contributed by atoms with van der Waals surface area (Å²) in [6.07, 6.45) is 4.91. The molecule has 0 N–H and O–H groups in total. The minimum atomic E-state index is -0.504. The molecule has 1 aliphatic rings. The van der Waals surface area contributed by atoms with Crippen molar-refractivity contribution >= 4 is 17.2 Å². The SMILES string of the molecule is Cc1csc([C@H]2CCCN(C(=O)[C@@H](C)Oc3cccnc3)C2)n1. The predicted octanol–water partition coefficient (Wildman–Crippen LogP) is 3.02. The van der Waals surface area contributed by atoms with Crippen LogP contribution in [-0.4, -0.2) is 40.0 Å². The number of carbonyl (C=O) groups is 1. The van der Waals surface area contributed by atoms with Gasteiger partial charge in [-0.2, -0.15) is 0 Å². The van der Waals surface area contributed by atoms with Crippen molar-refractivity contribution in [3.05, 3.63) is 40.6 Å². The number of piperidine rings is 1. The Hall–Kier alpha value is -1.95. The number of likely N-dealkylation sites (tertiary alicyclic amines) is 1. The normalized spacial score (nSPS) is 19.4. The summed E-state index contributed by atoms with van der Waals surface area (Å²) >= 11 is 1.69. The van der Waals surface area contributed by atoms with Gasteiger partial charge in [-0.1, -0.05) is 0 Å². The molecule has 2 atom stereocenters. The molecular weight excluding hydrogens is 310 g/mol. The van der Waals surface area contributed by atoms with Crippen molar-refractivity contribution in [2.75, 3.05) is 13.1 Å². The molecule has 0 unspecified atom stereocenters. The molecule has 1 amide bonds. The molecule has 2 aromatic rings. The Balaban J connectivity index is 1.62. The zero-order chi connectivity index (χ0) is 16.2. The fourth-order valence-electron chi connectivity index (χ4n) is 2.87. The van der Waals surface area contributed by atoms with Crippen LogP contribution in [-0.2, 0) is 4.79 Å². The van der Waals surface area contributed by atoms with Gasteiger partial charge in [-0.05, 0) is 38.8 Å². The van der Waals surface area contributed by atoms with Gasteiger partial charge in [-0.3, -0.25) is 9.78 Å². The Morgan fingerprint density at radius 3 is 3.09 bits per heavy atom. The van der Waals surface area contributed by atoms with E-state index in [0.717, 1.165) is 36.6 Å². The lowest BCUT2D eigenvalue weighted by Gasteiger charge is -2.33. The first-order valence-corrected chi connectivity index (χ1v) is 8.79. The highest BCUT2D eigenvalue weighted by atomic mass is 32.1. The zero-order valence-corrected chi connectivity index (χ0v) is 14.3. The van der Waals surface area contributed by atoms with Crippen LogP contribution in [0.1, 0.15) is 36.4 Å². The lowest BCUT2D eigenvalue weighted by Crippen LogP contribution is -2.45. The summed E-state index contributed by atoms with van der Waals surface area (Å²) in [5.74, 6) is 1.00. The minimum Gasteiger partial charge on any atom is -0.479 e. The number of nitrogens with zero attached hydrogens (tertiary/aromatic N) is 3. The maximum absolute atomic E-state index is 12.6. The zero-order valence-electron chi connectivity index (χ0n) is 13.4. The van der Waals surface area contributed by atoms with E-state index in [1.54, 1.807) is 36.7 Å². The van der Waals surface area contributed by atoms with E-state index in [4.69, 9.17) is 4.74 Å². The first-order valence-electron chi connectivity index (χ1n) is 7.91. The number of aromatic nitrogens is 2. The molecule has 0 saturated carbocycles. The molecule has 0 aromatic carbocycles.